The van der Waals surface area contributed by atoms with Gasteiger partial charge in [-0.05, 0) is 43.5 Å². The number of aromatic nitrogens is 2. The van der Waals surface area contributed by atoms with E-state index in [1.165, 1.54) is 17.5 Å². The van der Waals surface area contributed by atoms with Crippen LogP contribution in [0.3, 0.4) is 0 Å². The molecule has 0 atom stereocenters. The summed E-state index contributed by atoms with van der Waals surface area (Å²) in [6, 6.07) is 6.27. The Morgan fingerprint density at radius 1 is 1.16 bits per heavy atom. The van der Waals surface area contributed by atoms with E-state index in [9.17, 15) is 0 Å². The van der Waals surface area contributed by atoms with Crippen LogP contribution in [0.25, 0.3) is 0 Å². The van der Waals surface area contributed by atoms with Crippen molar-refractivity contribution in [2.45, 2.75) is 33.6 Å². The van der Waals surface area contributed by atoms with Crippen molar-refractivity contribution >= 4 is 17.3 Å². The Kier molecular flexibility index (Phi) is 4.00. The highest BCUT2D eigenvalue weighted by Gasteiger charge is 2.08. The standard InChI is InChI=1S/C15H20N4/c1-4-5-13-14(16)17-9-18-15(13)19-12-7-6-10(2)11(3)8-12/h6-9H,4-5H2,1-3H3,(H3,16,17,18,19). The molecule has 0 radical (unpaired) electrons. The SMILES string of the molecule is CCCc1c(N)ncnc1Nc1ccc(C)c(C)c1. The van der Waals surface area contributed by atoms with Crippen LogP contribution in [0.1, 0.15) is 30.0 Å². The summed E-state index contributed by atoms with van der Waals surface area (Å²) < 4.78 is 0. The van der Waals surface area contributed by atoms with E-state index in [4.69, 9.17) is 5.73 Å². The smallest absolute Gasteiger partial charge is 0.139 e. The highest BCUT2D eigenvalue weighted by molar-refractivity contribution is 5.64. The predicted molar refractivity (Wildman–Crippen MR) is 79.6 cm³/mol. The summed E-state index contributed by atoms with van der Waals surface area (Å²) >= 11 is 0. The molecule has 1 aromatic heterocycles. The molecule has 4 nitrogen and oxygen atoms in total. The number of benzene rings is 1. The van der Waals surface area contributed by atoms with Crippen molar-refractivity contribution in [3.05, 3.63) is 41.2 Å². The fourth-order valence-electron chi connectivity index (χ4n) is 1.99. The van der Waals surface area contributed by atoms with Gasteiger partial charge in [0.05, 0.1) is 0 Å². The van der Waals surface area contributed by atoms with E-state index < -0.39 is 0 Å². The molecule has 100 valence electrons. The Bertz CT molecular complexity index is 578. The molecule has 0 amide bonds. The number of nitrogens with zero attached hydrogens (tertiary/aromatic N) is 2. The van der Waals surface area contributed by atoms with Gasteiger partial charge in [-0.15, -0.1) is 0 Å². The molecule has 0 aliphatic rings. The van der Waals surface area contributed by atoms with E-state index in [0.717, 1.165) is 29.9 Å². The van der Waals surface area contributed by atoms with Crippen LogP contribution >= 0.6 is 0 Å². The monoisotopic (exact) mass is 256 g/mol. The fourth-order valence-corrected chi connectivity index (χ4v) is 1.99. The summed E-state index contributed by atoms with van der Waals surface area (Å²) in [5.74, 6) is 1.36. The molecule has 3 N–H and O–H groups in total. The van der Waals surface area contributed by atoms with E-state index in [2.05, 4.69) is 54.3 Å². The van der Waals surface area contributed by atoms with E-state index in [1.54, 1.807) is 0 Å². The van der Waals surface area contributed by atoms with Crippen LogP contribution in [0.5, 0.6) is 0 Å². The first-order chi connectivity index (χ1) is 9.11. The summed E-state index contributed by atoms with van der Waals surface area (Å²) in [7, 11) is 0. The number of hydrogen-bond donors (Lipinski definition) is 2. The zero-order chi connectivity index (χ0) is 13.8. The van der Waals surface area contributed by atoms with Crippen molar-refractivity contribution in [1.82, 2.24) is 9.97 Å². The summed E-state index contributed by atoms with van der Waals surface area (Å²) in [6.45, 7) is 6.32. The molecule has 2 rings (SSSR count). The Morgan fingerprint density at radius 2 is 1.95 bits per heavy atom. The molecule has 0 aliphatic carbocycles. The van der Waals surface area contributed by atoms with Gasteiger partial charge in [0.25, 0.3) is 0 Å². The molecule has 0 unspecified atom stereocenters. The lowest BCUT2D eigenvalue weighted by Gasteiger charge is -2.12. The Morgan fingerprint density at radius 3 is 2.63 bits per heavy atom. The van der Waals surface area contributed by atoms with Crippen LogP contribution in [0.4, 0.5) is 17.3 Å². The Labute approximate surface area is 114 Å². The maximum atomic E-state index is 5.92. The minimum atomic E-state index is 0.559. The van der Waals surface area contributed by atoms with Gasteiger partial charge in [0, 0.05) is 11.3 Å². The van der Waals surface area contributed by atoms with Crippen molar-refractivity contribution in [2.75, 3.05) is 11.1 Å². The van der Waals surface area contributed by atoms with Crippen LogP contribution in [0, 0.1) is 13.8 Å². The first-order valence-corrected chi connectivity index (χ1v) is 6.55. The first-order valence-electron chi connectivity index (χ1n) is 6.55. The predicted octanol–water partition coefficient (Wildman–Crippen LogP) is 3.37. The van der Waals surface area contributed by atoms with Crippen molar-refractivity contribution in [2.24, 2.45) is 0 Å². The molecule has 19 heavy (non-hydrogen) atoms. The highest BCUT2D eigenvalue weighted by Crippen LogP contribution is 2.24. The van der Waals surface area contributed by atoms with E-state index in [-0.39, 0.29) is 0 Å². The van der Waals surface area contributed by atoms with Crippen molar-refractivity contribution in [1.29, 1.82) is 0 Å². The van der Waals surface area contributed by atoms with Crippen molar-refractivity contribution in [3.8, 4) is 0 Å². The second kappa shape index (κ2) is 5.69. The molecule has 4 heteroatoms. The van der Waals surface area contributed by atoms with Gasteiger partial charge < -0.3 is 11.1 Å². The number of rotatable bonds is 4. The second-order valence-corrected chi connectivity index (χ2v) is 4.76. The highest BCUT2D eigenvalue weighted by atomic mass is 15.0. The quantitative estimate of drug-likeness (QED) is 0.880. The third-order valence-corrected chi connectivity index (χ3v) is 3.25. The lowest BCUT2D eigenvalue weighted by atomic mass is 10.1. The third-order valence-electron chi connectivity index (χ3n) is 3.25. The van der Waals surface area contributed by atoms with E-state index in [0.29, 0.717) is 5.82 Å². The molecule has 0 saturated heterocycles. The number of hydrogen-bond acceptors (Lipinski definition) is 4. The molecule has 0 bridgehead atoms. The molecule has 0 fully saturated rings. The van der Waals surface area contributed by atoms with Gasteiger partial charge in [0.1, 0.15) is 18.0 Å². The lowest BCUT2D eigenvalue weighted by molar-refractivity contribution is 0.908. The van der Waals surface area contributed by atoms with Gasteiger partial charge in [-0.1, -0.05) is 19.4 Å². The van der Waals surface area contributed by atoms with Gasteiger partial charge >= 0.3 is 0 Å². The van der Waals surface area contributed by atoms with E-state index >= 15 is 0 Å². The van der Waals surface area contributed by atoms with E-state index in [1.807, 2.05) is 0 Å². The second-order valence-electron chi connectivity index (χ2n) is 4.76. The topological polar surface area (TPSA) is 63.8 Å². The molecule has 0 aliphatic heterocycles. The minimum absolute atomic E-state index is 0.559. The van der Waals surface area contributed by atoms with Gasteiger partial charge in [0.15, 0.2) is 0 Å². The molecule has 1 aromatic carbocycles. The van der Waals surface area contributed by atoms with Gasteiger partial charge in [-0.2, -0.15) is 0 Å². The minimum Gasteiger partial charge on any atom is -0.383 e. The zero-order valence-electron chi connectivity index (χ0n) is 11.7. The first kappa shape index (κ1) is 13.3. The number of aryl methyl sites for hydroxylation is 2. The summed E-state index contributed by atoms with van der Waals surface area (Å²) in [5.41, 5.74) is 10.5. The third kappa shape index (κ3) is 3.02. The normalized spacial score (nSPS) is 10.5. The number of nitrogen functional groups attached to an aromatic ring is 1. The summed E-state index contributed by atoms with van der Waals surface area (Å²) in [5, 5.41) is 3.34. The van der Waals surface area contributed by atoms with Crippen LogP contribution in [0.15, 0.2) is 24.5 Å². The molecular formula is C15H20N4. The summed E-state index contributed by atoms with van der Waals surface area (Å²) in [6.07, 6.45) is 3.39. The molecule has 2 aromatic rings. The fraction of sp³-hybridized carbons (Fsp3) is 0.333. The van der Waals surface area contributed by atoms with Crippen LogP contribution in [-0.2, 0) is 6.42 Å². The van der Waals surface area contributed by atoms with Crippen molar-refractivity contribution in [3.63, 3.8) is 0 Å². The Balaban J connectivity index is 2.32. The van der Waals surface area contributed by atoms with Gasteiger partial charge in [-0.3, -0.25) is 0 Å². The molecule has 0 spiro atoms. The van der Waals surface area contributed by atoms with Gasteiger partial charge in [-0.25, -0.2) is 9.97 Å². The maximum Gasteiger partial charge on any atom is 0.139 e. The molecule has 1 heterocycles. The van der Waals surface area contributed by atoms with Crippen LogP contribution in [0.2, 0.25) is 0 Å². The number of nitrogens with one attached hydrogen (secondary N) is 1. The molecule has 0 saturated carbocycles. The number of anilines is 3. The number of nitrogens with two attached hydrogens (primary N) is 1. The Hall–Kier alpha value is -2.10. The molecular weight excluding hydrogens is 236 g/mol. The van der Waals surface area contributed by atoms with Crippen molar-refractivity contribution < 1.29 is 0 Å². The zero-order valence-corrected chi connectivity index (χ0v) is 11.7. The largest absolute Gasteiger partial charge is 0.383 e. The average molecular weight is 256 g/mol. The summed E-state index contributed by atoms with van der Waals surface area (Å²) in [4.78, 5) is 8.36. The maximum absolute atomic E-state index is 5.92. The lowest BCUT2D eigenvalue weighted by Crippen LogP contribution is -2.05. The van der Waals surface area contributed by atoms with Crippen LogP contribution in [-0.4, -0.2) is 9.97 Å². The van der Waals surface area contributed by atoms with Gasteiger partial charge in [0.2, 0.25) is 0 Å². The average Bonchev–Trinajstić information content (AvgIpc) is 2.38. The van der Waals surface area contributed by atoms with Crippen LogP contribution < -0.4 is 11.1 Å².